The van der Waals surface area contributed by atoms with Crippen molar-refractivity contribution in [1.29, 1.82) is 0 Å². The van der Waals surface area contributed by atoms with Gasteiger partial charge in [0.05, 0.1) is 19.8 Å². The molecule has 0 bridgehead atoms. The molecule has 1 rings (SSSR count). The van der Waals surface area contributed by atoms with E-state index in [1.165, 1.54) is 0 Å². The molecule has 6 nitrogen and oxygen atoms in total. The van der Waals surface area contributed by atoms with Crippen LogP contribution >= 0.6 is 0 Å². The van der Waals surface area contributed by atoms with Crippen molar-refractivity contribution >= 4 is 16.0 Å². The van der Waals surface area contributed by atoms with Crippen molar-refractivity contribution in [2.45, 2.75) is 38.9 Å². The highest BCUT2D eigenvalue weighted by Crippen LogP contribution is 2.19. The highest BCUT2D eigenvalue weighted by molar-refractivity contribution is 7.87. The summed E-state index contributed by atoms with van der Waals surface area (Å²) in [5, 5.41) is 2.20. The number of hydrogen-bond acceptors (Lipinski definition) is 5. The summed E-state index contributed by atoms with van der Waals surface area (Å²) in [5.41, 5.74) is -0.386. The van der Waals surface area contributed by atoms with Crippen LogP contribution in [0.2, 0.25) is 0 Å². The minimum Gasteiger partial charge on any atom is -0.378 e. The first-order valence-electron chi connectivity index (χ1n) is 6.54. The Bertz CT molecular complexity index is 404. The molecule has 1 heterocycles. The van der Waals surface area contributed by atoms with Crippen LogP contribution in [-0.4, -0.2) is 45.9 Å². The molecule has 0 aliphatic carbocycles. The Hall–Kier alpha value is -0.660. The first-order chi connectivity index (χ1) is 8.79. The van der Waals surface area contributed by atoms with Crippen LogP contribution in [0.3, 0.4) is 0 Å². The second-order valence-corrected chi connectivity index (χ2v) is 7.18. The van der Waals surface area contributed by atoms with Gasteiger partial charge >= 0.3 is 0 Å². The standard InChI is InChI=1S/C12H23NO5S/c1-4-12(2,3)11(14)13-6-8-17-9-10-5-7-18-19(10,15)16/h10H,4-9H2,1-3H3,(H,13,14). The van der Waals surface area contributed by atoms with E-state index >= 15 is 0 Å². The normalized spacial score (nSPS) is 22.4. The summed E-state index contributed by atoms with van der Waals surface area (Å²) in [7, 11) is -3.43. The van der Waals surface area contributed by atoms with E-state index in [9.17, 15) is 13.2 Å². The zero-order valence-electron chi connectivity index (χ0n) is 11.8. The van der Waals surface area contributed by atoms with Gasteiger partial charge in [0.1, 0.15) is 5.25 Å². The average Bonchev–Trinajstić information content (AvgIpc) is 2.68. The molecule has 0 aromatic rings. The lowest BCUT2D eigenvalue weighted by Crippen LogP contribution is -2.38. The summed E-state index contributed by atoms with van der Waals surface area (Å²) in [6.45, 7) is 6.76. The molecule has 1 saturated heterocycles. The first kappa shape index (κ1) is 16.4. The molecule has 0 radical (unpaired) electrons. The number of carbonyl (C=O) groups is 1. The van der Waals surface area contributed by atoms with Gasteiger partial charge in [-0.1, -0.05) is 20.8 Å². The van der Waals surface area contributed by atoms with E-state index in [0.717, 1.165) is 6.42 Å². The van der Waals surface area contributed by atoms with E-state index in [1.54, 1.807) is 0 Å². The van der Waals surface area contributed by atoms with Gasteiger partial charge in [0, 0.05) is 12.0 Å². The van der Waals surface area contributed by atoms with Crippen LogP contribution in [0.4, 0.5) is 0 Å². The fourth-order valence-corrected chi connectivity index (χ4v) is 2.72. The third-order valence-electron chi connectivity index (χ3n) is 3.43. The first-order valence-corrected chi connectivity index (χ1v) is 8.01. The van der Waals surface area contributed by atoms with Crippen LogP contribution in [0.1, 0.15) is 33.6 Å². The Kier molecular flexibility index (Phi) is 5.76. The maximum absolute atomic E-state index is 11.7. The molecular formula is C12H23NO5S. The molecule has 1 amide bonds. The SMILES string of the molecule is CCC(C)(C)C(=O)NCCOCC1CCOS1(=O)=O. The summed E-state index contributed by atoms with van der Waals surface area (Å²) in [6.07, 6.45) is 1.23. The molecule has 0 aromatic carbocycles. The molecule has 0 saturated carbocycles. The number of hydrogen-bond donors (Lipinski definition) is 1. The van der Waals surface area contributed by atoms with Crippen LogP contribution < -0.4 is 5.32 Å². The van der Waals surface area contributed by atoms with Gasteiger partial charge in [-0.3, -0.25) is 8.98 Å². The van der Waals surface area contributed by atoms with Crippen LogP contribution in [-0.2, 0) is 23.8 Å². The Morgan fingerprint density at radius 3 is 2.68 bits per heavy atom. The molecule has 19 heavy (non-hydrogen) atoms. The second-order valence-electron chi connectivity index (χ2n) is 5.29. The van der Waals surface area contributed by atoms with Crippen LogP contribution in [0.15, 0.2) is 0 Å². The van der Waals surface area contributed by atoms with Gasteiger partial charge in [0.25, 0.3) is 10.1 Å². The van der Waals surface area contributed by atoms with Gasteiger partial charge in [-0.25, -0.2) is 0 Å². The molecule has 1 atom stereocenters. The highest BCUT2D eigenvalue weighted by Gasteiger charge is 2.32. The average molecular weight is 293 g/mol. The Labute approximate surface area is 115 Å². The summed E-state index contributed by atoms with van der Waals surface area (Å²) >= 11 is 0. The lowest BCUT2D eigenvalue weighted by Gasteiger charge is -2.21. The number of amides is 1. The van der Waals surface area contributed by atoms with Crippen LogP contribution in [0.5, 0.6) is 0 Å². The third-order valence-corrected chi connectivity index (χ3v) is 5.11. The molecule has 1 fully saturated rings. The van der Waals surface area contributed by atoms with Gasteiger partial charge in [0.2, 0.25) is 5.91 Å². The molecule has 0 aromatic heterocycles. The van der Waals surface area contributed by atoms with Gasteiger partial charge in [-0.15, -0.1) is 0 Å². The van der Waals surface area contributed by atoms with Crippen molar-refractivity contribution in [3.8, 4) is 0 Å². The van der Waals surface area contributed by atoms with Gasteiger partial charge < -0.3 is 10.1 Å². The fourth-order valence-electron chi connectivity index (χ4n) is 1.55. The monoisotopic (exact) mass is 293 g/mol. The molecular weight excluding hydrogens is 270 g/mol. The summed E-state index contributed by atoms with van der Waals surface area (Å²) in [4.78, 5) is 11.7. The largest absolute Gasteiger partial charge is 0.378 e. The van der Waals surface area contributed by atoms with Crippen molar-refractivity contribution < 1.29 is 22.1 Å². The molecule has 112 valence electrons. The van der Waals surface area contributed by atoms with E-state index in [4.69, 9.17) is 4.74 Å². The molecule has 1 aliphatic heterocycles. The minimum absolute atomic E-state index is 0.0181. The van der Waals surface area contributed by atoms with Gasteiger partial charge in [-0.05, 0) is 12.8 Å². The number of rotatable bonds is 7. The van der Waals surface area contributed by atoms with Crippen LogP contribution in [0, 0.1) is 5.41 Å². The predicted octanol–water partition coefficient (Wildman–Crippen LogP) is 0.674. The fraction of sp³-hybridized carbons (Fsp3) is 0.917. The van der Waals surface area contributed by atoms with Crippen molar-refractivity contribution in [1.82, 2.24) is 5.32 Å². The lowest BCUT2D eigenvalue weighted by molar-refractivity contribution is -0.129. The zero-order valence-corrected chi connectivity index (χ0v) is 12.6. The summed E-state index contributed by atoms with van der Waals surface area (Å²) in [6, 6.07) is 0. The van der Waals surface area contributed by atoms with E-state index in [0.29, 0.717) is 19.6 Å². The summed E-state index contributed by atoms with van der Waals surface area (Å²) in [5.74, 6) is -0.0181. The third kappa shape index (κ3) is 4.74. The van der Waals surface area contributed by atoms with Gasteiger partial charge in [-0.2, -0.15) is 8.42 Å². The molecule has 0 spiro atoms. The minimum atomic E-state index is -3.43. The molecule has 1 aliphatic rings. The lowest BCUT2D eigenvalue weighted by atomic mass is 9.89. The van der Waals surface area contributed by atoms with Crippen molar-refractivity contribution in [3.05, 3.63) is 0 Å². The topological polar surface area (TPSA) is 81.7 Å². The Morgan fingerprint density at radius 2 is 2.16 bits per heavy atom. The second kappa shape index (κ2) is 6.67. The summed E-state index contributed by atoms with van der Waals surface area (Å²) < 4.78 is 32.6. The molecule has 7 heteroatoms. The molecule has 1 unspecified atom stereocenters. The Balaban J connectivity index is 2.17. The zero-order chi connectivity index (χ0) is 14.5. The van der Waals surface area contributed by atoms with E-state index in [-0.39, 0.29) is 24.5 Å². The van der Waals surface area contributed by atoms with E-state index in [2.05, 4.69) is 9.50 Å². The van der Waals surface area contributed by atoms with Crippen molar-refractivity contribution in [2.75, 3.05) is 26.4 Å². The quantitative estimate of drug-likeness (QED) is 0.551. The maximum Gasteiger partial charge on any atom is 0.272 e. The number of ether oxygens (including phenoxy) is 1. The van der Waals surface area contributed by atoms with Gasteiger partial charge in [0.15, 0.2) is 0 Å². The molecule has 1 N–H and O–H groups in total. The number of nitrogens with one attached hydrogen (secondary N) is 1. The van der Waals surface area contributed by atoms with Crippen LogP contribution in [0.25, 0.3) is 0 Å². The van der Waals surface area contributed by atoms with Crippen molar-refractivity contribution in [3.63, 3.8) is 0 Å². The van der Waals surface area contributed by atoms with E-state index in [1.807, 2.05) is 20.8 Å². The Morgan fingerprint density at radius 1 is 1.47 bits per heavy atom. The van der Waals surface area contributed by atoms with E-state index < -0.39 is 15.4 Å². The maximum atomic E-state index is 11.7. The predicted molar refractivity (Wildman–Crippen MR) is 71.2 cm³/mol. The number of carbonyl (C=O) groups excluding carboxylic acids is 1. The highest BCUT2D eigenvalue weighted by atomic mass is 32.2. The van der Waals surface area contributed by atoms with Crippen molar-refractivity contribution in [2.24, 2.45) is 5.41 Å². The smallest absolute Gasteiger partial charge is 0.272 e.